The molecule has 1 amide bonds. The summed E-state index contributed by atoms with van der Waals surface area (Å²) in [6.45, 7) is 5.35. The summed E-state index contributed by atoms with van der Waals surface area (Å²) in [6, 6.07) is 8.62. The smallest absolute Gasteiger partial charge is 0.235 e. The number of carbonyl (C=O) groups is 1. The van der Waals surface area contributed by atoms with Gasteiger partial charge in [-0.1, -0.05) is 18.2 Å². The van der Waals surface area contributed by atoms with Crippen LogP contribution in [0.25, 0.3) is 11.0 Å². The third-order valence-corrected chi connectivity index (χ3v) is 7.61. The molecule has 0 unspecified atom stereocenters. The molecule has 5 rings (SSSR count). The molecule has 32 heavy (non-hydrogen) atoms. The number of fused-ring (bicyclic) bond motifs is 1. The lowest BCUT2D eigenvalue weighted by Crippen LogP contribution is -2.41. The summed E-state index contributed by atoms with van der Waals surface area (Å²) in [7, 11) is 0. The second kappa shape index (κ2) is 9.57. The van der Waals surface area contributed by atoms with E-state index in [-0.39, 0.29) is 18.7 Å². The summed E-state index contributed by atoms with van der Waals surface area (Å²) < 4.78 is 16.4. The molecule has 6 nitrogen and oxygen atoms in total. The Morgan fingerprint density at radius 1 is 1.09 bits per heavy atom. The molecular weight excluding hydrogens is 404 g/mol. The standard InChI is InChI=1S/C26H34N2O4/c1-19(29)28(26-17-30-18-32-26)22-8-6-20(7-9-22)10-13-27-14-11-21(12-15-27)24-16-31-25-5-3-2-4-23(24)25/h2-5,16-17,20-22H,6-15,18H2,1H3. The van der Waals surface area contributed by atoms with Crippen LogP contribution >= 0.6 is 0 Å². The quantitative estimate of drug-likeness (QED) is 0.619. The van der Waals surface area contributed by atoms with E-state index >= 15 is 0 Å². The van der Waals surface area contributed by atoms with Gasteiger partial charge in [-0.2, -0.15) is 0 Å². The maximum Gasteiger partial charge on any atom is 0.235 e. The lowest BCUT2D eigenvalue weighted by atomic mass is 9.83. The van der Waals surface area contributed by atoms with Crippen molar-refractivity contribution < 1.29 is 18.7 Å². The SMILES string of the molecule is CC(=O)N(C1=COCO1)C1CCC(CCN2CCC(c3coc4ccccc34)CC2)CC1. The minimum Gasteiger partial charge on any atom is -0.464 e. The zero-order valence-corrected chi connectivity index (χ0v) is 19.0. The molecule has 1 aromatic heterocycles. The van der Waals surface area contributed by atoms with Gasteiger partial charge in [0.15, 0.2) is 0 Å². The van der Waals surface area contributed by atoms with Crippen LogP contribution in [0, 0.1) is 5.92 Å². The summed E-state index contributed by atoms with van der Waals surface area (Å²) in [5.41, 5.74) is 2.40. The van der Waals surface area contributed by atoms with Crippen LogP contribution in [-0.2, 0) is 14.3 Å². The van der Waals surface area contributed by atoms with Gasteiger partial charge in [-0.3, -0.25) is 9.69 Å². The highest BCUT2D eigenvalue weighted by Gasteiger charge is 2.32. The predicted molar refractivity (Wildman–Crippen MR) is 123 cm³/mol. The van der Waals surface area contributed by atoms with E-state index in [9.17, 15) is 4.79 Å². The zero-order valence-electron chi connectivity index (χ0n) is 19.0. The van der Waals surface area contributed by atoms with E-state index in [1.54, 1.807) is 18.1 Å². The third-order valence-electron chi connectivity index (χ3n) is 7.61. The van der Waals surface area contributed by atoms with Crippen molar-refractivity contribution in [3.05, 3.63) is 48.2 Å². The fourth-order valence-electron chi connectivity index (χ4n) is 5.79. The van der Waals surface area contributed by atoms with Crippen molar-refractivity contribution in [2.75, 3.05) is 26.4 Å². The first-order chi connectivity index (χ1) is 15.7. The molecule has 0 atom stereocenters. The molecule has 0 spiro atoms. The van der Waals surface area contributed by atoms with Crippen molar-refractivity contribution in [1.82, 2.24) is 9.80 Å². The summed E-state index contributed by atoms with van der Waals surface area (Å²) in [5.74, 6) is 1.98. The molecule has 2 fully saturated rings. The fraction of sp³-hybridized carbons (Fsp3) is 0.577. The minimum absolute atomic E-state index is 0.0403. The number of ether oxygens (including phenoxy) is 2. The van der Waals surface area contributed by atoms with Crippen LogP contribution in [-0.4, -0.2) is 48.2 Å². The van der Waals surface area contributed by atoms with Crippen LogP contribution in [0.1, 0.15) is 63.4 Å². The number of carbonyl (C=O) groups excluding carboxylic acids is 1. The van der Waals surface area contributed by atoms with Gasteiger partial charge in [0.2, 0.25) is 18.6 Å². The highest BCUT2D eigenvalue weighted by atomic mass is 16.7. The maximum atomic E-state index is 12.2. The van der Waals surface area contributed by atoms with Gasteiger partial charge in [0.25, 0.3) is 0 Å². The number of hydrogen-bond acceptors (Lipinski definition) is 5. The Labute approximate surface area is 190 Å². The number of rotatable bonds is 6. The Morgan fingerprint density at radius 3 is 2.59 bits per heavy atom. The number of nitrogens with zero attached hydrogens (tertiary/aromatic N) is 2. The van der Waals surface area contributed by atoms with E-state index in [1.165, 1.54) is 62.7 Å². The lowest BCUT2D eigenvalue weighted by molar-refractivity contribution is -0.132. The predicted octanol–water partition coefficient (Wildman–Crippen LogP) is 5.21. The van der Waals surface area contributed by atoms with E-state index in [2.05, 4.69) is 23.1 Å². The summed E-state index contributed by atoms with van der Waals surface area (Å²) in [4.78, 5) is 16.6. The molecule has 3 heterocycles. The van der Waals surface area contributed by atoms with E-state index in [4.69, 9.17) is 13.9 Å². The highest BCUT2D eigenvalue weighted by molar-refractivity contribution is 5.81. The molecule has 1 saturated heterocycles. The Morgan fingerprint density at radius 2 is 1.88 bits per heavy atom. The van der Waals surface area contributed by atoms with E-state index in [0.29, 0.717) is 11.8 Å². The third kappa shape index (κ3) is 4.51. The van der Waals surface area contributed by atoms with E-state index < -0.39 is 0 Å². The first-order valence-corrected chi connectivity index (χ1v) is 12.1. The van der Waals surface area contributed by atoms with Gasteiger partial charge in [0.1, 0.15) is 11.8 Å². The van der Waals surface area contributed by atoms with Crippen molar-refractivity contribution in [1.29, 1.82) is 0 Å². The number of likely N-dealkylation sites (tertiary alicyclic amines) is 1. The second-order valence-electron chi connectivity index (χ2n) is 9.54. The molecule has 0 bridgehead atoms. The molecule has 6 heteroatoms. The average molecular weight is 439 g/mol. The van der Waals surface area contributed by atoms with Gasteiger partial charge in [-0.05, 0) is 82.5 Å². The topological polar surface area (TPSA) is 55.2 Å². The maximum absolute atomic E-state index is 12.2. The van der Waals surface area contributed by atoms with E-state index in [1.807, 2.05) is 12.3 Å². The van der Waals surface area contributed by atoms with Gasteiger partial charge in [-0.15, -0.1) is 0 Å². The van der Waals surface area contributed by atoms with Crippen LogP contribution in [0.15, 0.2) is 47.1 Å². The average Bonchev–Trinajstić information content (AvgIpc) is 3.49. The summed E-state index contributed by atoms with van der Waals surface area (Å²) in [6.07, 6.45) is 11.7. The van der Waals surface area contributed by atoms with Crippen molar-refractivity contribution in [2.45, 2.75) is 63.8 Å². The van der Waals surface area contributed by atoms with Crippen LogP contribution in [0.3, 0.4) is 0 Å². The molecule has 0 N–H and O–H groups in total. The molecule has 1 aliphatic carbocycles. The second-order valence-corrected chi connectivity index (χ2v) is 9.54. The molecule has 0 radical (unpaired) electrons. The normalized spacial score (nSPS) is 24.7. The Hall–Kier alpha value is -2.47. The van der Waals surface area contributed by atoms with E-state index in [0.717, 1.165) is 24.3 Å². The monoisotopic (exact) mass is 438 g/mol. The number of hydrogen-bond donors (Lipinski definition) is 0. The molecule has 1 saturated carbocycles. The van der Waals surface area contributed by atoms with Crippen molar-refractivity contribution in [2.24, 2.45) is 5.92 Å². The summed E-state index contributed by atoms with van der Waals surface area (Å²) >= 11 is 0. The minimum atomic E-state index is 0.0403. The highest BCUT2D eigenvalue weighted by Crippen LogP contribution is 2.36. The molecule has 172 valence electrons. The number of benzene rings is 1. The fourth-order valence-corrected chi connectivity index (χ4v) is 5.79. The van der Waals surface area contributed by atoms with Gasteiger partial charge in [0.05, 0.1) is 6.26 Å². The number of amides is 1. The number of piperidine rings is 1. The van der Waals surface area contributed by atoms with Gasteiger partial charge in [-0.25, -0.2) is 0 Å². The molecule has 3 aliphatic rings. The molecule has 2 aliphatic heterocycles. The lowest BCUT2D eigenvalue weighted by Gasteiger charge is -2.37. The van der Waals surface area contributed by atoms with Crippen molar-refractivity contribution >= 4 is 16.9 Å². The van der Waals surface area contributed by atoms with Crippen molar-refractivity contribution in [3.8, 4) is 0 Å². The van der Waals surface area contributed by atoms with Crippen LogP contribution in [0.4, 0.5) is 0 Å². The molecule has 2 aromatic rings. The Bertz CT molecular complexity index is 952. The Balaban J connectivity index is 1.07. The Kier molecular flexibility index (Phi) is 6.39. The van der Waals surface area contributed by atoms with Gasteiger partial charge >= 0.3 is 0 Å². The van der Waals surface area contributed by atoms with Crippen LogP contribution < -0.4 is 0 Å². The van der Waals surface area contributed by atoms with Gasteiger partial charge < -0.3 is 18.8 Å². The first kappa shape index (κ1) is 21.4. The summed E-state index contributed by atoms with van der Waals surface area (Å²) in [5, 5.41) is 1.28. The number of para-hydroxylation sites is 1. The van der Waals surface area contributed by atoms with Crippen LogP contribution in [0.2, 0.25) is 0 Å². The van der Waals surface area contributed by atoms with Crippen LogP contribution in [0.5, 0.6) is 0 Å². The largest absolute Gasteiger partial charge is 0.464 e. The zero-order chi connectivity index (χ0) is 21.9. The molecule has 1 aromatic carbocycles. The molecular formula is C26H34N2O4. The number of furan rings is 1. The van der Waals surface area contributed by atoms with Gasteiger partial charge in [0, 0.05) is 23.9 Å². The first-order valence-electron chi connectivity index (χ1n) is 12.1. The van der Waals surface area contributed by atoms with Crippen molar-refractivity contribution in [3.63, 3.8) is 0 Å².